The maximum atomic E-state index is 12.4. The fourth-order valence-electron chi connectivity index (χ4n) is 2.47. The Morgan fingerprint density at radius 2 is 2.08 bits per heavy atom. The Labute approximate surface area is 145 Å². The molecule has 1 aromatic carbocycles. The molecule has 10 heteroatoms. The zero-order chi connectivity index (χ0) is 18.9. The van der Waals surface area contributed by atoms with Gasteiger partial charge < -0.3 is 10.5 Å². The number of aromatic nitrogens is 3. The summed E-state index contributed by atoms with van der Waals surface area (Å²) in [6.45, 7) is 0.245. The minimum atomic E-state index is -4.50. The van der Waals surface area contributed by atoms with Gasteiger partial charge in [0.05, 0.1) is 11.3 Å². The Hall–Kier alpha value is -3.35. The maximum absolute atomic E-state index is 12.4. The second-order valence-electron chi connectivity index (χ2n) is 5.55. The number of pyridine rings is 1. The van der Waals surface area contributed by atoms with Crippen LogP contribution in [0.2, 0.25) is 0 Å². The molecule has 0 atom stereocenters. The number of fused-ring (bicyclic) bond motifs is 1. The number of benzene rings is 1. The Balaban J connectivity index is 1.94. The SMILES string of the molecule is Cc1nc2nonc2c(N)c1Cc1ccc(C#N)c(OCC(F)(F)F)c1. The van der Waals surface area contributed by atoms with Gasteiger partial charge in [-0.25, -0.2) is 9.61 Å². The van der Waals surface area contributed by atoms with Crippen molar-refractivity contribution in [3.8, 4) is 11.8 Å². The largest absolute Gasteiger partial charge is 0.483 e. The first-order valence-electron chi connectivity index (χ1n) is 7.38. The molecule has 3 rings (SSSR count). The van der Waals surface area contributed by atoms with Crippen LogP contribution in [0.1, 0.15) is 22.4 Å². The van der Waals surface area contributed by atoms with Gasteiger partial charge in [0, 0.05) is 17.7 Å². The predicted octanol–water partition coefficient (Wildman–Crippen LogP) is 2.91. The second kappa shape index (κ2) is 6.51. The number of nitrogens with zero attached hydrogens (tertiary/aromatic N) is 4. The molecule has 0 unspecified atom stereocenters. The van der Waals surface area contributed by atoms with Crippen LogP contribution < -0.4 is 10.5 Å². The van der Waals surface area contributed by atoms with Gasteiger partial charge in [-0.05, 0) is 34.9 Å². The summed E-state index contributed by atoms with van der Waals surface area (Å²) in [7, 11) is 0. The molecule has 2 N–H and O–H groups in total. The highest BCUT2D eigenvalue weighted by Gasteiger charge is 2.29. The van der Waals surface area contributed by atoms with Crippen LogP contribution in [0, 0.1) is 18.3 Å². The zero-order valence-electron chi connectivity index (χ0n) is 13.5. The normalized spacial score (nSPS) is 11.5. The van der Waals surface area contributed by atoms with Crippen LogP contribution >= 0.6 is 0 Å². The number of alkyl halides is 3. The Bertz CT molecular complexity index is 1010. The van der Waals surface area contributed by atoms with E-state index in [4.69, 9.17) is 15.7 Å². The van der Waals surface area contributed by atoms with Crippen LogP contribution in [0.4, 0.5) is 18.9 Å². The number of ether oxygens (including phenoxy) is 1. The van der Waals surface area contributed by atoms with Crippen LogP contribution in [0.25, 0.3) is 11.2 Å². The molecule has 0 aliphatic heterocycles. The number of hydrogen-bond donors (Lipinski definition) is 1. The topological polar surface area (TPSA) is 111 Å². The monoisotopic (exact) mass is 363 g/mol. The van der Waals surface area contributed by atoms with Crippen molar-refractivity contribution in [3.63, 3.8) is 0 Å². The molecular weight excluding hydrogens is 351 g/mol. The average molecular weight is 363 g/mol. The van der Waals surface area contributed by atoms with Crippen LogP contribution in [0.5, 0.6) is 5.75 Å². The van der Waals surface area contributed by atoms with E-state index >= 15 is 0 Å². The van der Waals surface area contributed by atoms with Gasteiger partial charge in [0.1, 0.15) is 11.8 Å². The molecular formula is C16H12F3N5O2. The number of rotatable bonds is 4. The number of nitrogens with two attached hydrogens (primary N) is 1. The number of nitrogen functional groups attached to an aromatic ring is 1. The fraction of sp³-hybridized carbons (Fsp3) is 0.250. The summed E-state index contributed by atoms with van der Waals surface area (Å²) in [5.41, 5.74) is 8.85. The number of anilines is 1. The average Bonchev–Trinajstić information content (AvgIpc) is 3.04. The zero-order valence-corrected chi connectivity index (χ0v) is 13.5. The van der Waals surface area contributed by atoms with Gasteiger partial charge in [0.15, 0.2) is 12.1 Å². The third-order valence-corrected chi connectivity index (χ3v) is 3.70. The van der Waals surface area contributed by atoms with E-state index in [1.54, 1.807) is 19.1 Å². The lowest BCUT2D eigenvalue weighted by Gasteiger charge is -2.13. The van der Waals surface area contributed by atoms with Crippen molar-refractivity contribution in [2.24, 2.45) is 0 Å². The molecule has 0 bridgehead atoms. The Kier molecular flexibility index (Phi) is 4.38. The lowest BCUT2D eigenvalue weighted by molar-refractivity contribution is -0.153. The van der Waals surface area contributed by atoms with Crippen molar-refractivity contribution in [1.29, 1.82) is 5.26 Å². The van der Waals surface area contributed by atoms with Crippen molar-refractivity contribution in [2.45, 2.75) is 19.5 Å². The smallest absolute Gasteiger partial charge is 0.422 e. The van der Waals surface area contributed by atoms with Crippen molar-refractivity contribution in [1.82, 2.24) is 15.3 Å². The molecule has 0 amide bonds. The van der Waals surface area contributed by atoms with Crippen LogP contribution in [0.15, 0.2) is 22.8 Å². The minimum Gasteiger partial charge on any atom is -0.483 e. The van der Waals surface area contributed by atoms with Gasteiger partial charge in [-0.15, -0.1) is 0 Å². The number of nitriles is 1. The predicted molar refractivity (Wildman–Crippen MR) is 84.3 cm³/mol. The van der Waals surface area contributed by atoms with Gasteiger partial charge >= 0.3 is 6.18 Å². The van der Waals surface area contributed by atoms with Crippen LogP contribution in [-0.2, 0) is 6.42 Å². The molecule has 7 nitrogen and oxygen atoms in total. The van der Waals surface area contributed by atoms with Crippen molar-refractivity contribution in [2.75, 3.05) is 12.3 Å². The van der Waals surface area contributed by atoms with Gasteiger partial charge in [0.25, 0.3) is 0 Å². The summed E-state index contributed by atoms with van der Waals surface area (Å²) >= 11 is 0. The molecule has 0 aliphatic rings. The molecule has 3 aromatic rings. The first-order chi connectivity index (χ1) is 12.3. The van der Waals surface area contributed by atoms with E-state index in [2.05, 4.69) is 19.9 Å². The van der Waals surface area contributed by atoms with Crippen molar-refractivity contribution in [3.05, 3.63) is 40.6 Å². The van der Waals surface area contributed by atoms with Crippen LogP contribution in [-0.4, -0.2) is 28.1 Å². The summed E-state index contributed by atoms with van der Waals surface area (Å²) in [4.78, 5) is 4.24. The van der Waals surface area contributed by atoms with Gasteiger partial charge in [-0.3, -0.25) is 0 Å². The van der Waals surface area contributed by atoms with Crippen molar-refractivity contribution < 1.29 is 22.5 Å². The number of aryl methyl sites for hydroxylation is 1. The molecule has 0 fully saturated rings. The highest BCUT2D eigenvalue weighted by molar-refractivity contribution is 5.85. The van der Waals surface area contributed by atoms with E-state index in [1.165, 1.54) is 12.1 Å². The quantitative estimate of drug-likeness (QED) is 0.758. The van der Waals surface area contributed by atoms with E-state index in [9.17, 15) is 13.2 Å². The first-order valence-corrected chi connectivity index (χ1v) is 7.38. The van der Waals surface area contributed by atoms with Crippen molar-refractivity contribution >= 4 is 16.9 Å². The summed E-state index contributed by atoms with van der Waals surface area (Å²) < 4.78 is 46.6. The standard InChI is InChI=1S/C16H12F3N5O2/c1-8-11(13(21)14-15(22-8)24-26-23-14)4-9-2-3-10(6-20)12(5-9)25-7-16(17,18)19/h2-3,5H,4,7,21H2,1H3. The third-order valence-electron chi connectivity index (χ3n) is 3.70. The molecule has 134 valence electrons. The maximum Gasteiger partial charge on any atom is 0.422 e. The lowest BCUT2D eigenvalue weighted by Crippen LogP contribution is -2.19. The molecule has 0 radical (unpaired) electrons. The van der Waals surface area contributed by atoms with E-state index < -0.39 is 12.8 Å². The number of halogens is 3. The van der Waals surface area contributed by atoms with E-state index in [0.29, 0.717) is 28.0 Å². The Morgan fingerprint density at radius 1 is 1.31 bits per heavy atom. The first kappa shape index (κ1) is 17.5. The summed E-state index contributed by atoms with van der Waals surface area (Å²) in [6.07, 6.45) is -4.24. The van der Waals surface area contributed by atoms with Gasteiger partial charge in [-0.2, -0.15) is 18.4 Å². The highest BCUT2D eigenvalue weighted by Crippen LogP contribution is 2.28. The van der Waals surface area contributed by atoms with E-state index in [-0.39, 0.29) is 23.4 Å². The molecule has 26 heavy (non-hydrogen) atoms. The van der Waals surface area contributed by atoms with E-state index in [0.717, 1.165) is 0 Å². The van der Waals surface area contributed by atoms with Gasteiger partial charge in [0.2, 0.25) is 5.65 Å². The molecule has 0 saturated carbocycles. The second-order valence-corrected chi connectivity index (χ2v) is 5.55. The van der Waals surface area contributed by atoms with Crippen LogP contribution in [0.3, 0.4) is 0 Å². The molecule has 0 spiro atoms. The highest BCUT2D eigenvalue weighted by atomic mass is 19.4. The van der Waals surface area contributed by atoms with Gasteiger partial charge in [-0.1, -0.05) is 6.07 Å². The van der Waals surface area contributed by atoms with E-state index in [1.807, 2.05) is 0 Å². The lowest BCUT2D eigenvalue weighted by atomic mass is 10.0. The Morgan fingerprint density at radius 3 is 2.77 bits per heavy atom. The summed E-state index contributed by atoms with van der Waals surface area (Å²) in [5.74, 6) is -0.143. The fourth-order valence-corrected chi connectivity index (χ4v) is 2.47. The molecule has 2 aromatic heterocycles. The minimum absolute atomic E-state index is 0.0111. The third kappa shape index (κ3) is 3.51. The summed E-state index contributed by atoms with van der Waals surface area (Å²) in [5, 5.41) is 16.4. The summed E-state index contributed by atoms with van der Waals surface area (Å²) in [6, 6.07) is 6.20. The number of hydrogen-bond acceptors (Lipinski definition) is 7. The molecule has 0 aliphatic carbocycles. The molecule has 0 saturated heterocycles. The molecule has 2 heterocycles.